The number of ether oxygens (including phenoxy) is 1. The third-order valence-corrected chi connectivity index (χ3v) is 4.39. The first kappa shape index (κ1) is 17.0. The minimum Gasteiger partial charge on any atom is -0.484 e. The third kappa shape index (κ3) is 4.18. The molecule has 1 fully saturated rings. The molecule has 1 heterocycles. The normalized spacial score (nSPS) is 14.3. The van der Waals surface area contributed by atoms with Crippen LogP contribution in [0.5, 0.6) is 5.75 Å². The zero-order valence-electron chi connectivity index (χ0n) is 14.4. The van der Waals surface area contributed by atoms with Gasteiger partial charge in [-0.15, -0.1) is 0 Å². The minimum absolute atomic E-state index is 0.0175. The summed E-state index contributed by atoms with van der Waals surface area (Å²) >= 11 is 0. The molecule has 1 aliphatic rings. The van der Waals surface area contributed by atoms with Gasteiger partial charge >= 0.3 is 0 Å². The molecule has 25 heavy (non-hydrogen) atoms. The van der Waals surface area contributed by atoms with Crippen LogP contribution in [-0.4, -0.2) is 54.4 Å². The number of carbonyl (C=O) groups excluding carboxylic acids is 2. The topological polar surface area (TPSA) is 49.9 Å². The highest BCUT2D eigenvalue weighted by atomic mass is 16.5. The van der Waals surface area contributed by atoms with E-state index in [1.165, 1.54) is 0 Å². The van der Waals surface area contributed by atoms with E-state index in [2.05, 4.69) is 0 Å². The van der Waals surface area contributed by atoms with Gasteiger partial charge in [0, 0.05) is 31.7 Å². The number of nitrogens with zero attached hydrogens (tertiary/aromatic N) is 2. The molecule has 3 rings (SSSR count). The van der Waals surface area contributed by atoms with E-state index in [9.17, 15) is 9.59 Å². The van der Waals surface area contributed by atoms with E-state index in [0.717, 1.165) is 11.3 Å². The van der Waals surface area contributed by atoms with Crippen molar-refractivity contribution in [2.45, 2.75) is 6.92 Å². The van der Waals surface area contributed by atoms with Crippen LogP contribution in [0.25, 0.3) is 0 Å². The largest absolute Gasteiger partial charge is 0.484 e. The van der Waals surface area contributed by atoms with E-state index in [1.54, 1.807) is 9.80 Å². The van der Waals surface area contributed by atoms with Gasteiger partial charge in [-0.05, 0) is 30.7 Å². The van der Waals surface area contributed by atoms with Crippen LogP contribution in [0.4, 0.5) is 0 Å². The lowest BCUT2D eigenvalue weighted by atomic mass is 10.2. The molecule has 5 heteroatoms. The lowest BCUT2D eigenvalue weighted by Crippen LogP contribution is -2.51. The standard InChI is InChI=1S/C20H22N2O3/c1-16-7-5-6-10-18(16)25-15-19(23)21-11-13-22(14-12-21)20(24)17-8-3-2-4-9-17/h2-10H,11-15H2,1H3. The summed E-state index contributed by atoms with van der Waals surface area (Å²) in [4.78, 5) is 28.3. The quantitative estimate of drug-likeness (QED) is 0.860. The monoisotopic (exact) mass is 338 g/mol. The van der Waals surface area contributed by atoms with Gasteiger partial charge in [-0.2, -0.15) is 0 Å². The Labute approximate surface area is 147 Å². The molecule has 0 aromatic heterocycles. The molecule has 2 aromatic carbocycles. The van der Waals surface area contributed by atoms with Gasteiger partial charge in [-0.3, -0.25) is 9.59 Å². The Morgan fingerprint density at radius 2 is 1.48 bits per heavy atom. The predicted molar refractivity (Wildman–Crippen MR) is 95.6 cm³/mol. The number of carbonyl (C=O) groups is 2. The van der Waals surface area contributed by atoms with Crippen molar-refractivity contribution < 1.29 is 14.3 Å². The van der Waals surface area contributed by atoms with E-state index in [1.807, 2.05) is 61.5 Å². The summed E-state index contributed by atoms with van der Waals surface area (Å²) in [5.41, 5.74) is 1.69. The first-order valence-electron chi connectivity index (χ1n) is 8.45. The Hall–Kier alpha value is -2.82. The van der Waals surface area contributed by atoms with Crippen molar-refractivity contribution in [2.75, 3.05) is 32.8 Å². The van der Waals surface area contributed by atoms with Gasteiger partial charge in [0.05, 0.1) is 0 Å². The highest BCUT2D eigenvalue weighted by Crippen LogP contribution is 2.16. The van der Waals surface area contributed by atoms with Crippen molar-refractivity contribution in [3.63, 3.8) is 0 Å². The summed E-state index contributed by atoms with van der Waals surface area (Å²) in [6, 6.07) is 16.9. The molecule has 0 radical (unpaired) electrons. The van der Waals surface area contributed by atoms with Crippen molar-refractivity contribution in [1.29, 1.82) is 0 Å². The Morgan fingerprint density at radius 3 is 2.16 bits per heavy atom. The molecule has 0 unspecified atom stereocenters. The maximum absolute atomic E-state index is 12.4. The average Bonchev–Trinajstić information content (AvgIpc) is 2.67. The van der Waals surface area contributed by atoms with Crippen LogP contribution in [0.1, 0.15) is 15.9 Å². The van der Waals surface area contributed by atoms with Crippen molar-refractivity contribution in [3.05, 3.63) is 65.7 Å². The fourth-order valence-electron chi connectivity index (χ4n) is 2.87. The van der Waals surface area contributed by atoms with E-state index in [4.69, 9.17) is 4.74 Å². The molecule has 0 spiro atoms. The van der Waals surface area contributed by atoms with Crippen molar-refractivity contribution >= 4 is 11.8 Å². The summed E-state index contributed by atoms with van der Waals surface area (Å²) in [6.07, 6.45) is 0. The van der Waals surface area contributed by atoms with E-state index in [0.29, 0.717) is 31.7 Å². The number of amides is 2. The summed E-state index contributed by atoms with van der Waals surface area (Å²) in [7, 11) is 0. The third-order valence-electron chi connectivity index (χ3n) is 4.39. The Kier molecular flexibility index (Phi) is 5.33. The first-order chi connectivity index (χ1) is 12.1. The molecule has 1 saturated heterocycles. The molecule has 0 bridgehead atoms. The number of aryl methyl sites for hydroxylation is 1. The fourth-order valence-corrected chi connectivity index (χ4v) is 2.87. The Bertz CT molecular complexity index is 738. The van der Waals surface area contributed by atoms with Crippen LogP contribution < -0.4 is 4.74 Å². The second-order valence-corrected chi connectivity index (χ2v) is 6.09. The molecule has 0 saturated carbocycles. The van der Waals surface area contributed by atoms with E-state index in [-0.39, 0.29) is 18.4 Å². The van der Waals surface area contributed by atoms with Crippen molar-refractivity contribution in [1.82, 2.24) is 9.80 Å². The van der Waals surface area contributed by atoms with Gasteiger partial charge in [-0.25, -0.2) is 0 Å². The van der Waals surface area contributed by atoms with Crippen LogP contribution in [0, 0.1) is 6.92 Å². The molecule has 0 atom stereocenters. The Balaban J connectivity index is 1.49. The summed E-state index contributed by atoms with van der Waals surface area (Å²) < 4.78 is 5.62. The van der Waals surface area contributed by atoms with E-state index >= 15 is 0 Å². The highest BCUT2D eigenvalue weighted by Gasteiger charge is 2.25. The number of benzene rings is 2. The van der Waals surface area contributed by atoms with Gasteiger partial charge < -0.3 is 14.5 Å². The number of rotatable bonds is 4. The first-order valence-corrected chi connectivity index (χ1v) is 8.45. The van der Waals surface area contributed by atoms with Crippen LogP contribution in [0.15, 0.2) is 54.6 Å². The minimum atomic E-state index is -0.0462. The molecule has 2 amide bonds. The average molecular weight is 338 g/mol. The van der Waals surface area contributed by atoms with Gasteiger partial charge in [0.2, 0.25) is 0 Å². The molecule has 0 N–H and O–H groups in total. The predicted octanol–water partition coefficient (Wildman–Crippen LogP) is 2.36. The van der Waals surface area contributed by atoms with Gasteiger partial charge in [0.1, 0.15) is 5.75 Å². The van der Waals surface area contributed by atoms with Crippen LogP contribution >= 0.6 is 0 Å². The molecule has 5 nitrogen and oxygen atoms in total. The fraction of sp³-hybridized carbons (Fsp3) is 0.300. The molecule has 130 valence electrons. The maximum Gasteiger partial charge on any atom is 0.260 e. The molecular formula is C20H22N2O3. The zero-order chi connectivity index (χ0) is 17.6. The van der Waals surface area contributed by atoms with Crippen molar-refractivity contribution in [2.24, 2.45) is 0 Å². The van der Waals surface area contributed by atoms with Gasteiger partial charge in [0.25, 0.3) is 11.8 Å². The van der Waals surface area contributed by atoms with Crippen LogP contribution in [0.2, 0.25) is 0 Å². The number of piperazine rings is 1. The summed E-state index contributed by atoms with van der Waals surface area (Å²) in [6.45, 7) is 4.14. The van der Waals surface area contributed by atoms with Crippen molar-refractivity contribution in [3.8, 4) is 5.75 Å². The molecule has 2 aromatic rings. The van der Waals surface area contributed by atoms with Gasteiger partial charge in [-0.1, -0.05) is 36.4 Å². The number of hydrogen-bond acceptors (Lipinski definition) is 3. The lowest BCUT2D eigenvalue weighted by molar-refractivity contribution is -0.134. The zero-order valence-corrected chi connectivity index (χ0v) is 14.4. The lowest BCUT2D eigenvalue weighted by Gasteiger charge is -2.34. The SMILES string of the molecule is Cc1ccccc1OCC(=O)N1CCN(C(=O)c2ccccc2)CC1. The smallest absolute Gasteiger partial charge is 0.260 e. The van der Waals surface area contributed by atoms with Crippen LogP contribution in [-0.2, 0) is 4.79 Å². The summed E-state index contributed by atoms with van der Waals surface area (Å²) in [5.74, 6) is 0.702. The second kappa shape index (κ2) is 7.83. The Morgan fingerprint density at radius 1 is 0.880 bits per heavy atom. The number of para-hydroxylation sites is 1. The molecule has 0 aliphatic carbocycles. The number of hydrogen-bond donors (Lipinski definition) is 0. The van der Waals surface area contributed by atoms with Gasteiger partial charge in [0.15, 0.2) is 6.61 Å². The van der Waals surface area contributed by atoms with Crippen LogP contribution in [0.3, 0.4) is 0 Å². The summed E-state index contributed by atoms with van der Waals surface area (Å²) in [5, 5.41) is 0. The maximum atomic E-state index is 12.4. The highest BCUT2D eigenvalue weighted by molar-refractivity contribution is 5.94. The molecular weight excluding hydrogens is 316 g/mol. The van der Waals surface area contributed by atoms with E-state index < -0.39 is 0 Å². The molecule has 1 aliphatic heterocycles. The second-order valence-electron chi connectivity index (χ2n) is 6.09.